The van der Waals surface area contributed by atoms with E-state index in [0.717, 1.165) is 0 Å². The van der Waals surface area contributed by atoms with Gasteiger partial charge in [-0.1, -0.05) is 0 Å². The van der Waals surface area contributed by atoms with Crippen LogP contribution in [0.3, 0.4) is 0 Å². The second-order valence-corrected chi connectivity index (χ2v) is 6.72. The molecule has 29 heavy (non-hydrogen) atoms. The van der Waals surface area contributed by atoms with E-state index in [4.69, 9.17) is 14.2 Å². The van der Waals surface area contributed by atoms with Crippen molar-refractivity contribution >= 4 is 40.7 Å². The van der Waals surface area contributed by atoms with Crippen LogP contribution in [-0.4, -0.2) is 37.9 Å². The molecule has 2 aromatic rings. The minimum Gasteiger partial charge on any atom is -0.490 e. The molecule has 0 fully saturated rings. The van der Waals surface area contributed by atoms with Crippen LogP contribution in [0.4, 0.5) is 4.39 Å². The molecule has 1 N–H and O–H groups in total. The number of carbonyl (C=O) groups excluding carboxylic acids is 2. The van der Waals surface area contributed by atoms with Crippen molar-refractivity contribution in [2.24, 2.45) is 5.10 Å². The van der Waals surface area contributed by atoms with E-state index >= 15 is 0 Å². The van der Waals surface area contributed by atoms with Gasteiger partial charge >= 0.3 is 5.97 Å². The van der Waals surface area contributed by atoms with Crippen LogP contribution < -0.4 is 14.9 Å². The van der Waals surface area contributed by atoms with Crippen LogP contribution in [0.5, 0.6) is 11.5 Å². The average molecular weight is 514 g/mol. The Labute approximate surface area is 181 Å². The monoisotopic (exact) mass is 514 g/mol. The number of carbonyl (C=O) groups is 2. The van der Waals surface area contributed by atoms with Gasteiger partial charge in [0.25, 0.3) is 5.91 Å². The first-order valence-corrected chi connectivity index (χ1v) is 9.86. The van der Waals surface area contributed by atoms with E-state index in [9.17, 15) is 14.0 Å². The molecule has 0 bridgehead atoms. The Bertz CT molecular complexity index is 887. The summed E-state index contributed by atoms with van der Waals surface area (Å²) in [6.07, 6.45) is 1.45. The lowest BCUT2D eigenvalue weighted by molar-refractivity contribution is -0.145. The van der Waals surface area contributed by atoms with Gasteiger partial charge in [-0.2, -0.15) is 5.10 Å². The number of amides is 1. The van der Waals surface area contributed by atoms with Crippen LogP contribution in [0.25, 0.3) is 0 Å². The fraction of sp³-hybridized carbons (Fsp3) is 0.250. The summed E-state index contributed by atoms with van der Waals surface area (Å²) in [5.74, 6) is -0.494. The van der Waals surface area contributed by atoms with Crippen molar-refractivity contribution < 1.29 is 28.2 Å². The molecule has 0 aliphatic heterocycles. The van der Waals surface area contributed by atoms with Gasteiger partial charge in [0.15, 0.2) is 18.1 Å². The lowest BCUT2D eigenvalue weighted by atomic mass is 10.2. The number of nitrogens with one attached hydrogen (secondary N) is 1. The lowest BCUT2D eigenvalue weighted by Gasteiger charge is -2.14. The second-order valence-electron chi connectivity index (χ2n) is 5.56. The van der Waals surface area contributed by atoms with Gasteiger partial charge in [0.05, 0.1) is 23.0 Å². The number of hydrazone groups is 1. The Morgan fingerprint density at radius 2 is 1.86 bits per heavy atom. The first kappa shape index (κ1) is 22.6. The molecule has 0 radical (unpaired) electrons. The molecule has 0 unspecified atom stereocenters. The number of hydrogen-bond acceptors (Lipinski definition) is 6. The first-order chi connectivity index (χ1) is 13.9. The maximum atomic E-state index is 12.9. The Morgan fingerprint density at radius 1 is 1.14 bits per heavy atom. The number of benzene rings is 2. The molecule has 0 aromatic heterocycles. The third kappa shape index (κ3) is 7.00. The molecular formula is C20H20FIN2O5. The summed E-state index contributed by atoms with van der Waals surface area (Å²) in [7, 11) is 0. The summed E-state index contributed by atoms with van der Waals surface area (Å²) >= 11 is 2.06. The maximum Gasteiger partial charge on any atom is 0.344 e. The summed E-state index contributed by atoms with van der Waals surface area (Å²) in [6, 6.07) is 8.57. The normalized spacial score (nSPS) is 10.6. The van der Waals surface area contributed by atoms with E-state index in [2.05, 4.69) is 33.1 Å². The van der Waals surface area contributed by atoms with Crippen LogP contribution in [-0.2, 0) is 9.53 Å². The van der Waals surface area contributed by atoms with Gasteiger partial charge in [0.1, 0.15) is 5.82 Å². The summed E-state index contributed by atoms with van der Waals surface area (Å²) in [5.41, 5.74) is 3.32. The fourth-order valence-electron chi connectivity index (χ4n) is 2.23. The molecule has 0 aliphatic carbocycles. The Hall–Kier alpha value is -2.69. The molecule has 0 spiro atoms. The number of esters is 1. The summed E-state index contributed by atoms with van der Waals surface area (Å²) < 4.78 is 29.6. The number of ether oxygens (including phenoxy) is 3. The van der Waals surface area contributed by atoms with Gasteiger partial charge < -0.3 is 14.2 Å². The topological polar surface area (TPSA) is 86.2 Å². The average Bonchev–Trinajstić information content (AvgIpc) is 2.68. The van der Waals surface area contributed by atoms with Crippen molar-refractivity contribution in [2.75, 3.05) is 19.8 Å². The van der Waals surface area contributed by atoms with Crippen LogP contribution in [0.1, 0.15) is 29.8 Å². The van der Waals surface area contributed by atoms with Crippen molar-refractivity contribution in [3.05, 3.63) is 56.9 Å². The van der Waals surface area contributed by atoms with Crippen LogP contribution in [0.2, 0.25) is 0 Å². The summed E-state index contributed by atoms with van der Waals surface area (Å²) in [6.45, 7) is 3.98. The van der Waals surface area contributed by atoms with Crippen molar-refractivity contribution in [1.29, 1.82) is 0 Å². The van der Waals surface area contributed by atoms with Gasteiger partial charge in [-0.05, 0) is 78.4 Å². The van der Waals surface area contributed by atoms with Gasteiger partial charge in [-0.3, -0.25) is 4.79 Å². The minimum absolute atomic E-state index is 0.231. The molecule has 154 valence electrons. The SMILES string of the molecule is CCOC(=O)COc1c(I)cc(/C=N\NC(=O)c2ccc(F)cc2)cc1OCC. The Balaban J connectivity index is 2.10. The number of hydrogen-bond donors (Lipinski definition) is 1. The van der Waals surface area contributed by atoms with Crippen molar-refractivity contribution in [3.8, 4) is 11.5 Å². The largest absolute Gasteiger partial charge is 0.490 e. The quantitative estimate of drug-likeness (QED) is 0.240. The fourth-order valence-corrected chi connectivity index (χ4v) is 3.01. The minimum atomic E-state index is -0.472. The smallest absolute Gasteiger partial charge is 0.344 e. The highest BCUT2D eigenvalue weighted by Gasteiger charge is 2.14. The highest BCUT2D eigenvalue weighted by Crippen LogP contribution is 2.34. The second kappa shape index (κ2) is 11.3. The molecule has 0 aliphatic rings. The van der Waals surface area contributed by atoms with Crippen LogP contribution in [0.15, 0.2) is 41.5 Å². The van der Waals surface area contributed by atoms with Crippen molar-refractivity contribution in [3.63, 3.8) is 0 Å². The molecule has 2 rings (SSSR count). The number of halogens is 2. The molecule has 0 heterocycles. The predicted octanol–water partition coefficient (Wildman–Crippen LogP) is 3.53. The highest BCUT2D eigenvalue weighted by molar-refractivity contribution is 14.1. The predicted molar refractivity (Wildman–Crippen MR) is 114 cm³/mol. The zero-order valence-corrected chi connectivity index (χ0v) is 18.1. The van der Waals surface area contributed by atoms with Crippen molar-refractivity contribution in [1.82, 2.24) is 5.43 Å². The van der Waals surface area contributed by atoms with E-state index < -0.39 is 17.7 Å². The molecule has 1 amide bonds. The summed E-state index contributed by atoms with van der Waals surface area (Å²) in [5, 5.41) is 3.92. The standard InChI is InChI=1S/C20H20FIN2O5/c1-3-27-17-10-13(9-16(22)19(17)29-12-18(25)28-4-2)11-23-24-20(26)14-5-7-15(21)8-6-14/h5-11H,3-4,12H2,1-2H3,(H,24,26)/b23-11-. The maximum absolute atomic E-state index is 12.9. The van der Waals surface area contributed by atoms with Gasteiger partial charge in [-0.15, -0.1) is 0 Å². The zero-order chi connectivity index (χ0) is 21.2. The molecule has 9 heteroatoms. The van der Waals surface area contributed by atoms with Gasteiger partial charge in [0, 0.05) is 5.56 Å². The Kier molecular flexibility index (Phi) is 8.84. The zero-order valence-electron chi connectivity index (χ0n) is 15.9. The van der Waals surface area contributed by atoms with E-state index in [0.29, 0.717) is 27.2 Å². The molecular weight excluding hydrogens is 494 g/mol. The van der Waals surface area contributed by atoms with Gasteiger partial charge in [-0.25, -0.2) is 14.6 Å². The molecule has 7 nitrogen and oxygen atoms in total. The first-order valence-electron chi connectivity index (χ1n) is 8.78. The third-order valence-corrected chi connectivity index (χ3v) is 4.26. The van der Waals surface area contributed by atoms with Crippen LogP contribution >= 0.6 is 22.6 Å². The molecule has 0 atom stereocenters. The van der Waals surface area contributed by atoms with Crippen molar-refractivity contribution in [2.45, 2.75) is 13.8 Å². The van der Waals surface area contributed by atoms with Crippen LogP contribution in [0, 0.1) is 9.39 Å². The van der Waals surface area contributed by atoms with E-state index in [-0.39, 0.29) is 18.8 Å². The summed E-state index contributed by atoms with van der Waals surface area (Å²) in [4.78, 5) is 23.5. The highest BCUT2D eigenvalue weighted by atomic mass is 127. The molecule has 0 saturated heterocycles. The Morgan fingerprint density at radius 3 is 2.52 bits per heavy atom. The van der Waals surface area contributed by atoms with E-state index in [1.54, 1.807) is 19.1 Å². The third-order valence-electron chi connectivity index (χ3n) is 3.46. The van der Waals surface area contributed by atoms with E-state index in [1.165, 1.54) is 30.5 Å². The van der Waals surface area contributed by atoms with E-state index in [1.807, 2.05) is 6.92 Å². The number of rotatable bonds is 9. The van der Waals surface area contributed by atoms with Gasteiger partial charge in [0.2, 0.25) is 0 Å². The molecule has 0 saturated carbocycles. The lowest BCUT2D eigenvalue weighted by Crippen LogP contribution is -2.17. The number of nitrogens with zero attached hydrogens (tertiary/aromatic N) is 1. The molecule has 2 aromatic carbocycles.